The third-order valence-electron chi connectivity index (χ3n) is 3.30. The van der Waals surface area contributed by atoms with Gasteiger partial charge in [-0.1, -0.05) is 45.4 Å². The average Bonchev–Trinajstić information content (AvgIpc) is 2.19. The molecule has 0 bridgehead atoms. The van der Waals surface area contributed by atoms with Gasteiger partial charge in [0.15, 0.2) is 0 Å². The first-order valence-electron chi connectivity index (χ1n) is 6.02. The second kappa shape index (κ2) is 6.42. The highest BCUT2D eigenvalue weighted by Crippen LogP contribution is 2.28. The molecule has 1 N–H and O–H groups in total. The fourth-order valence-corrected chi connectivity index (χ4v) is 2.36. The van der Waals surface area contributed by atoms with Crippen LogP contribution in [0.5, 0.6) is 0 Å². The Morgan fingerprint density at radius 3 is 2.46 bits per heavy atom. The number of aliphatic hydroxyl groups is 1. The molecule has 1 fully saturated rings. The summed E-state index contributed by atoms with van der Waals surface area (Å²) >= 11 is 0. The van der Waals surface area contributed by atoms with Crippen molar-refractivity contribution in [1.82, 2.24) is 0 Å². The van der Waals surface area contributed by atoms with Gasteiger partial charge < -0.3 is 5.11 Å². The highest BCUT2D eigenvalue weighted by molar-refractivity contribution is 4.72. The molecule has 1 aliphatic rings. The molecule has 0 radical (unpaired) electrons. The number of unbranched alkanes of at least 4 members (excludes halogenated alkanes) is 2. The van der Waals surface area contributed by atoms with Crippen molar-refractivity contribution < 1.29 is 5.11 Å². The molecule has 0 aromatic rings. The first-order chi connectivity index (χ1) is 6.34. The third kappa shape index (κ3) is 4.12. The molecule has 0 amide bonds. The van der Waals surface area contributed by atoms with Gasteiger partial charge in [0.05, 0.1) is 6.10 Å². The maximum atomic E-state index is 9.90. The summed E-state index contributed by atoms with van der Waals surface area (Å²) in [7, 11) is 0. The zero-order chi connectivity index (χ0) is 9.52. The van der Waals surface area contributed by atoms with Crippen LogP contribution in [0.3, 0.4) is 0 Å². The molecule has 0 aliphatic heterocycles. The van der Waals surface area contributed by atoms with Gasteiger partial charge in [-0.05, 0) is 25.2 Å². The van der Waals surface area contributed by atoms with E-state index in [0.29, 0.717) is 5.92 Å². The lowest BCUT2D eigenvalue weighted by molar-refractivity contribution is 0.0749. The van der Waals surface area contributed by atoms with Crippen LogP contribution in [0.1, 0.15) is 64.7 Å². The fraction of sp³-hybridized carbons (Fsp3) is 1.00. The highest BCUT2D eigenvalue weighted by Gasteiger charge is 2.20. The molecule has 1 nitrogen and oxygen atoms in total. The van der Waals surface area contributed by atoms with E-state index in [1.54, 1.807) is 0 Å². The molecule has 1 atom stereocenters. The summed E-state index contributed by atoms with van der Waals surface area (Å²) in [5.74, 6) is 0.630. The molecule has 0 heterocycles. The van der Waals surface area contributed by atoms with Gasteiger partial charge in [0.25, 0.3) is 0 Å². The second-order valence-electron chi connectivity index (χ2n) is 4.46. The van der Waals surface area contributed by atoms with Gasteiger partial charge in [0, 0.05) is 0 Å². The highest BCUT2D eigenvalue weighted by atomic mass is 16.3. The Balaban J connectivity index is 2.09. The van der Waals surface area contributed by atoms with Gasteiger partial charge in [0.1, 0.15) is 0 Å². The molecule has 78 valence electrons. The number of hydrogen-bond acceptors (Lipinski definition) is 1. The Morgan fingerprint density at radius 1 is 1.15 bits per heavy atom. The van der Waals surface area contributed by atoms with Crippen LogP contribution in [0, 0.1) is 5.92 Å². The van der Waals surface area contributed by atoms with Crippen molar-refractivity contribution in [3.05, 3.63) is 0 Å². The van der Waals surface area contributed by atoms with E-state index in [0.717, 1.165) is 6.42 Å². The minimum absolute atomic E-state index is 0.00634. The van der Waals surface area contributed by atoms with Crippen LogP contribution in [0.15, 0.2) is 0 Å². The van der Waals surface area contributed by atoms with E-state index in [-0.39, 0.29) is 6.10 Å². The van der Waals surface area contributed by atoms with E-state index >= 15 is 0 Å². The van der Waals surface area contributed by atoms with Crippen LogP contribution < -0.4 is 0 Å². The topological polar surface area (TPSA) is 20.2 Å². The Kier molecular flexibility index (Phi) is 5.45. The first kappa shape index (κ1) is 11.0. The van der Waals surface area contributed by atoms with Crippen LogP contribution in [-0.2, 0) is 0 Å². The van der Waals surface area contributed by atoms with Gasteiger partial charge in [-0.2, -0.15) is 0 Å². The summed E-state index contributed by atoms with van der Waals surface area (Å²) in [5.41, 5.74) is 0. The molecule has 1 rings (SSSR count). The van der Waals surface area contributed by atoms with E-state index in [2.05, 4.69) is 6.92 Å². The van der Waals surface area contributed by atoms with Gasteiger partial charge in [0.2, 0.25) is 0 Å². The number of hydrogen-bond donors (Lipinski definition) is 1. The van der Waals surface area contributed by atoms with E-state index in [1.165, 1.54) is 51.4 Å². The molecule has 1 heteroatoms. The number of aliphatic hydroxyl groups excluding tert-OH is 1. The lowest BCUT2D eigenvalue weighted by atomic mass is 9.83. The van der Waals surface area contributed by atoms with E-state index in [4.69, 9.17) is 0 Å². The van der Waals surface area contributed by atoms with Crippen molar-refractivity contribution in [2.45, 2.75) is 70.8 Å². The van der Waals surface area contributed by atoms with Gasteiger partial charge in [-0.3, -0.25) is 0 Å². The molecular weight excluding hydrogens is 160 g/mol. The van der Waals surface area contributed by atoms with Crippen molar-refractivity contribution >= 4 is 0 Å². The van der Waals surface area contributed by atoms with E-state index < -0.39 is 0 Å². The molecular formula is C12H24O. The van der Waals surface area contributed by atoms with Crippen LogP contribution in [0.2, 0.25) is 0 Å². The Morgan fingerprint density at radius 2 is 1.85 bits per heavy atom. The van der Waals surface area contributed by atoms with E-state index in [1.807, 2.05) is 0 Å². The van der Waals surface area contributed by atoms with Gasteiger partial charge in [-0.25, -0.2) is 0 Å². The number of rotatable bonds is 5. The van der Waals surface area contributed by atoms with Crippen LogP contribution >= 0.6 is 0 Å². The molecule has 0 saturated heterocycles. The quantitative estimate of drug-likeness (QED) is 0.648. The minimum atomic E-state index is 0.00634. The van der Waals surface area contributed by atoms with E-state index in [9.17, 15) is 5.11 Å². The molecule has 0 spiro atoms. The Hall–Kier alpha value is -0.0400. The van der Waals surface area contributed by atoms with Crippen molar-refractivity contribution in [2.75, 3.05) is 0 Å². The zero-order valence-corrected chi connectivity index (χ0v) is 8.97. The van der Waals surface area contributed by atoms with Crippen LogP contribution in [-0.4, -0.2) is 11.2 Å². The average molecular weight is 184 g/mol. The molecule has 0 aromatic carbocycles. The maximum absolute atomic E-state index is 9.90. The summed E-state index contributed by atoms with van der Waals surface area (Å²) in [5, 5.41) is 9.90. The summed E-state index contributed by atoms with van der Waals surface area (Å²) in [4.78, 5) is 0. The Labute approximate surface area is 82.5 Å². The molecule has 0 aromatic heterocycles. The molecule has 1 saturated carbocycles. The molecule has 13 heavy (non-hydrogen) atoms. The molecule has 0 unspecified atom stereocenters. The monoisotopic (exact) mass is 184 g/mol. The standard InChI is InChI=1S/C12H24O/c1-2-3-5-10-12(13)11-8-6-4-7-9-11/h11-13H,2-10H2,1H3/t12-/m1/s1. The summed E-state index contributed by atoms with van der Waals surface area (Å²) in [6.45, 7) is 2.22. The van der Waals surface area contributed by atoms with Crippen molar-refractivity contribution in [3.63, 3.8) is 0 Å². The third-order valence-corrected chi connectivity index (χ3v) is 3.30. The van der Waals surface area contributed by atoms with Gasteiger partial charge >= 0.3 is 0 Å². The lowest BCUT2D eigenvalue weighted by Crippen LogP contribution is -2.22. The summed E-state index contributed by atoms with van der Waals surface area (Å²) < 4.78 is 0. The van der Waals surface area contributed by atoms with Crippen molar-refractivity contribution in [1.29, 1.82) is 0 Å². The SMILES string of the molecule is CCCCC[C@@H](O)C1CCCCC1. The van der Waals surface area contributed by atoms with Crippen LogP contribution in [0.25, 0.3) is 0 Å². The van der Waals surface area contributed by atoms with Gasteiger partial charge in [-0.15, -0.1) is 0 Å². The summed E-state index contributed by atoms with van der Waals surface area (Å²) in [6.07, 6.45) is 11.4. The smallest absolute Gasteiger partial charge is 0.0568 e. The Bertz CT molecular complexity index is 116. The first-order valence-corrected chi connectivity index (χ1v) is 6.02. The predicted octanol–water partition coefficient (Wildman–Crippen LogP) is 3.51. The second-order valence-corrected chi connectivity index (χ2v) is 4.46. The fourth-order valence-electron chi connectivity index (χ4n) is 2.36. The lowest BCUT2D eigenvalue weighted by Gasteiger charge is -2.26. The minimum Gasteiger partial charge on any atom is -0.393 e. The maximum Gasteiger partial charge on any atom is 0.0568 e. The largest absolute Gasteiger partial charge is 0.393 e. The summed E-state index contributed by atoms with van der Waals surface area (Å²) in [6, 6.07) is 0. The zero-order valence-electron chi connectivity index (χ0n) is 8.97. The van der Waals surface area contributed by atoms with Crippen LogP contribution in [0.4, 0.5) is 0 Å². The van der Waals surface area contributed by atoms with Crippen molar-refractivity contribution in [3.8, 4) is 0 Å². The normalized spacial score (nSPS) is 21.7. The predicted molar refractivity (Wildman–Crippen MR) is 56.7 cm³/mol. The van der Waals surface area contributed by atoms with Crippen molar-refractivity contribution in [2.24, 2.45) is 5.92 Å². The molecule has 1 aliphatic carbocycles.